The highest BCUT2D eigenvalue weighted by Gasteiger charge is 2.28. The summed E-state index contributed by atoms with van der Waals surface area (Å²) in [7, 11) is 0. The molecule has 0 aromatic rings. The normalized spacial score (nSPS) is 22.3. The average Bonchev–Trinajstić information content (AvgIpc) is 2.05. The summed E-state index contributed by atoms with van der Waals surface area (Å²) in [6.07, 6.45) is 1.62. The van der Waals surface area contributed by atoms with Crippen LogP contribution in [0.25, 0.3) is 0 Å². The topological polar surface area (TPSA) is 52.6 Å². The maximum absolute atomic E-state index is 11.4. The van der Waals surface area contributed by atoms with E-state index in [1.165, 1.54) is 0 Å². The Balaban J connectivity index is 2.40. The lowest BCUT2D eigenvalue weighted by molar-refractivity contribution is -0.132. The Morgan fingerprint density at radius 3 is 2.53 bits per heavy atom. The van der Waals surface area contributed by atoms with Crippen LogP contribution in [0.4, 0.5) is 4.79 Å². The molecule has 0 heterocycles. The summed E-state index contributed by atoms with van der Waals surface area (Å²) >= 11 is 0. The number of ketones is 1. The fourth-order valence-corrected chi connectivity index (χ4v) is 1.47. The van der Waals surface area contributed by atoms with Gasteiger partial charge in [0, 0.05) is 6.42 Å². The molecule has 1 atom stereocenters. The molecule has 1 saturated carbocycles. The van der Waals surface area contributed by atoms with E-state index in [-0.39, 0.29) is 5.78 Å². The van der Waals surface area contributed by atoms with Crippen molar-refractivity contribution in [1.82, 2.24) is 0 Å². The van der Waals surface area contributed by atoms with Crippen LogP contribution in [0.1, 0.15) is 46.5 Å². The molecule has 4 heteroatoms. The van der Waals surface area contributed by atoms with Crippen LogP contribution in [0.3, 0.4) is 0 Å². The number of rotatable bonds is 1. The monoisotopic (exact) mass is 214 g/mol. The highest BCUT2D eigenvalue weighted by atomic mass is 16.7. The number of hydrogen-bond acceptors (Lipinski definition) is 4. The molecule has 0 saturated heterocycles. The summed E-state index contributed by atoms with van der Waals surface area (Å²) < 4.78 is 9.94. The maximum atomic E-state index is 11.4. The van der Waals surface area contributed by atoms with Crippen molar-refractivity contribution in [1.29, 1.82) is 0 Å². The molecule has 0 spiro atoms. The van der Waals surface area contributed by atoms with Gasteiger partial charge in [-0.15, -0.1) is 0 Å². The third-order valence-corrected chi connectivity index (χ3v) is 2.13. The van der Waals surface area contributed by atoms with Gasteiger partial charge in [-0.1, -0.05) is 0 Å². The molecule has 4 nitrogen and oxygen atoms in total. The molecule has 0 amide bonds. The molecule has 0 N–H and O–H groups in total. The highest BCUT2D eigenvalue weighted by molar-refractivity contribution is 5.85. The highest BCUT2D eigenvalue weighted by Crippen LogP contribution is 2.19. The Hall–Kier alpha value is -1.06. The molecule has 0 radical (unpaired) electrons. The first-order valence-electron chi connectivity index (χ1n) is 5.31. The standard InChI is InChI=1S/C11H18O4/c1-11(2,3)15-10(13)14-9-7-5-4-6-8(9)12/h9H,4-7H2,1-3H3/t9-/m1/s1. The van der Waals surface area contributed by atoms with E-state index < -0.39 is 17.9 Å². The van der Waals surface area contributed by atoms with Crippen LogP contribution in [0, 0.1) is 0 Å². The van der Waals surface area contributed by atoms with E-state index >= 15 is 0 Å². The quantitative estimate of drug-likeness (QED) is 0.629. The van der Waals surface area contributed by atoms with Crippen molar-refractivity contribution in [2.24, 2.45) is 0 Å². The van der Waals surface area contributed by atoms with Crippen LogP contribution in [0.15, 0.2) is 0 Å². The molecule has 0 aromatic heterocycles. The predicted octanol–water partition coefficient (Wildman–Crippen LogP) is 2.45. The minimum atomic E-state index is -0.747. The zero-order valence-electron chi connectivity index (χ0n) is 9.54. The molecule has 0 bridgehead atoms. The van der Waals surface area contributed by atoms with Gasteiger partial charge in [0.15, 0.2) is 11.9 Å². The Labute approximate surface area is 89.9 Å². The van der Waals surface area contributed by atoms with Gasteiger partial charge >= 0.3 is 6.16 Å². The number of ether oxygens (including phenoxy) is 2. The van der Waals surface area contributed by atoms with E-state index in [2.05, 4.69) is 0 Å². The van der Waals surface area contributed by atoms with Gasteiger partial charge in [-0.3, -0.25) is 4.79 Å². The van der Waals surface area contributed by atoms with Gasteiger partial charge < -0.3 is 9.47 Å². The van der Waals surface area contributed by atoms with Crippen molar-refractivity contribution >= 4 is 11.9 Å². The minimum Gasteiger partial charge on any atom is -0.429 e. The SMILES string of the molecule is CC(C)(C)OC(=O)O[C@@H]1CCCCC1=O. The zero-order valence-corrected chi connectivity index (χ0v) is 9.54. The summed E-state index contributed by atoms with van der Waals surface area (Å²) in [4.78, 5) is 22.6. The molecule has 1 aliphatic carbocycles. The lowest BCUT2D eigenvalue weighted by atomic mass is 9.96. The number of carbonyl (C=O) groups excluding carboxylic acids is 2. The second kappa shape index (κ2) is 4.64. The first kappa shape index (κ1) is 12.0. The van der Waals surface area contributed by atoms with Crippen LogP contribution in [-0.2, 0) is 14.3 Å². The summed E-state index contributed by atoms with van der Waals surface area (Å²) in [5.74, 6) is 0.00658. The number of carbonyl (C=O) groups is 2. The van der Waals surface area contributed by atoms with Crippen molar-refractivity contribution in [3.63, 3.8) is 0 Å². The second-order valence-corrected chi connectivity index (χ2v) is 4.78. The molecule has 1 aliphatic rings. The molecule has 1 rings (SSSR count). The van der Waals surface area contributed by atoms with Gasteiger partial charge in [0.25, 0.3) is 0 Å². The molecule has 86 valence electrons. The fourth-order valence-electron chi connectivity index (χ4n) is 1.47. The largest absolute Gasteiger partial charge is 0.509 e. The van der Waals surface area contributed by atoms with Crippen LogP contribution in [-0.4, -0.2) is 23.6 Å². The van der Waals surface area contributed by atoms with E-state index in [0.29, 0.717) is 12.8 Å². The maximum Gasteiger partial charge on any atom is 0.509 e. The van der Waals surface area contributed by atoms with Crippen molar-refractivity contribution in [2.75, 3.05) is 0 Å². The molecule has 15 heavy (non-hydrogen) atoms. The van der Waals surface area contributed by atoms with Gasteiger partial charge in [-0.25, -0.2) is 4.79 Å². The van der Waals surface area contributed by atoms with E-state index in [4.69, 9.17) is 9.47 Å². The molecule has 1 fully saturated rings. The third kappa shape index (κ3) is 4.32. The van der Waals surface area contributed by atoms with Gasteiger partial charge in [-0.05, 0) is 40.0 Å². The smallest absolute Gasteiger partial charge is 0.429 e. The van der Waals surface area contributed by atoms with Crippen molar-refractivity contribution in [2.45, 2.75) is 58.2 Å². The number of hydrogen-bond donors (Lipinski definition) is 0. The van der Waals surface area contributed by atoms with Gasteiger partial charge in [0.05, 0.1) is 0 Å². The fraction of sp³-hybridized carbons (Fsp3) is 0.818. The minimum absolute atomic E-state index is 0.00658. The van der Waals surface area contributed by atoms with Crippen LogP contribution >= 0.6 is 0 Å². The van der Waals surface area contributed by atoms with Gasteiger partial charge in [0.1, 0.15) is 5.60 Å². The van der Waals surface area contributed by atoms with E-state index in [1.54, 1.807) is 20.8 Å². The van der Waals surface area contributed by atoms with Crippen LogP contribution in [0.5, 0.6) is 0 Å². The van der Waals surface area contributed by atoms with E-state index in [1.807, 2.05) is 0 Å². The molecular weight excluding hydrogens is 196 g/mol. The second-order valence-electron chi connectivity index (χ2n) is 4.78. The molecule has 0 aliphatic heterocycles. The van der Waals surface area contributed by atoms with Gasteiger partial charge in [0.2, 0.25) is 0 Å². The summed E-state index contributed by atoms with van der Waals surface area (Å²) in [5, 5.41) is 0. The lowest BCUT2D eigenvalue weighted by Crippen LogP contribution is -2.33. The Kier molecular flexibility index (Phi) is 3.72. The van der Waals surface area contributed by atoms with Crippen LogP contribution < -0.4 is 0 Å². The third-order valence-electron chi connectivity index (χ3n) is 2.13. The van der Waals surface area contributed by atoms with Crippen molar-refractivity contribution < 1.29 is 19.1 Å². The van der Waals surface area contributed by atoms with E-state index in [9.17, 15) is 9.59 Å². The predicted molar refractivity (Wildman–Crippen MR) is 54.6 cm³/mol. The molecule has 0 aromatic carbocycles. The average molecular weight is 214 g/mol. The molecular formula is C11H18O4. The number of Topliss-reactive ketones (excluding diaryl/α,β-unsaturated/α-hetero) is 1. The lowest BCUT2D eigenvalue weighted by Gasteiger charge is -2.23. The molecule has 0 unspecified atom stereocenters. The summed E-state index contributed by atoms with van der Waals surface area (Å²) in [6, 6.07) is 0. The van der Waals surface area contributed by atoms with Crippen LogP contribution in [0.2, 0.25) is 0 Å². The first-order valence-corrected chi connectivity index (χ1v) is 5.31. The van der Waals surface area contributed by atoms with Crippen molar-refractivity contribution in [3.05, 3.63) is 0 Å². The Bertz CT molecular complexity index is 252. The first-order chi connectivity index (χ1) is 6.88. The van der Waals surface area contributed by atoms with Crippen molar-refractivity contribution in [3.8, 4) is 0 Å². The summed E-state index contributed by atoms with van der Waals surface area (Å²) in [5.41, 5.74) is -0.575. The summed E-state index contributed by atoms with van der Waals surface area (Å²) in [6.45, 7) is 5.28. The van der Waals surface area contributed by atoms with E-state index in [0.717, 1.165) is 12.8 Å². The Morgan fingerprint density at radius 2 is 2.00 bits per heavy atom. The van der Waals surface area contributed by atoms with Gasteiger partial charge in [-0.2, -0.15) is 0 Å². The Morgan fingerprint density at radius 1 is 1.33 bits per heavy atom. The zero-order chi connectivity index (χ0) is 11.5.